The fourth-order valence-corrected chi connectivity index (χ4v) is 4.03. The van der Waals surface area contributed by atoms with Crippen molar-refractivity contribution < 1.29 is 14.5 Å². The summed E-state index contributed by atoms with van der Waals surface area (Å²) in [6.07, 6.45) is 1.66. The molecule has 0 bridgehead atoms. The molecule has 0 saturated heterocycles. The highest BCUT2D eigenvalue weighted by Crippen LogP contribution is 2.24. The third kappa shape index (κ3) is 6.67. The van der Waals surface area contributed by atoms with Gasteiger partial charge in [0.2, 0.25) is 5.91 Å². The zero-order valence-corrected chi connectivity index (χ0v) is 20.6. The van der Waals surface area contributed by atoms with Crippen LogP contribution in [-0.2, 0) is 11.3 Å². The van der Waals surface area contributed by atoms with Crippen LogP contribution in [0.25, 0.3) is 0 Å². The first-order valence-electron chi connectivity index (χ1n) is 10.5. The molecule has 182 valence electrons. The Balaban J connectivity index is 1.68. The number of carbonyl (C=O) groups excluding carboxylic acids is 2. The number of carbonyl (C=O) groups is 2. The van der Waals surface area contributed by atoms with E-state index in [1.165, 1.54) is 12.1 Å². The molecule has 12 heteroatoms. The van der Waals surface area contributed by atoms with Crippen molar-refractivity contribution in [1.29, 1.82) is 0 Å². The Hall–Kier alpha value is -3.70. The predicted molar refractivity (Wildman–Crippen MR) is 135 cm³/mol. The number of nitro groups is 1. The average molecular weight is 515 g/mol. The normalized spacial score (nSPS) is 11.5. The Kier molecular flexibility index (Phi) is 8.61. The van der Waals surface area contributed by atoms with Gasteiger partial charge in [0.1, 0.15) is 0 Å². The molecule has 3 aromatic rings. The van der Waals surface area contributed by atoms with Crippen molar-refractivity contribution >= 4 is 46.6 Å². The highest BCUT2D eigenvalue weighted by molar-refractivity contribution is 7.99. The molecule has 1 atom stereocenters. The lowest BCUT2D eigenvalue weighted by molar-refractivity contribution is -0.384. The maximum atomic E-state index is 12.6. The molecule has 1 aromatic heterocycles. The summed E-state index contributed by atoms with van der Waals surface area (Å²) in [5, 5.41) is 26.0. The molecule has 0 aliphatic rings. The molecule has 0 aliphatic carbocycles. The van der Waals surface area contributed by atoms with E-state index in [0.29, 0.717) is 39.4 Å². The second kappa shape index (κ2) is 11.6. The van der Waals surface area contributed by atoms with Crippen molar-refractivity contribution in [3.63, 3.8) is 0 Å². The summed E-state index contributed by atoms with van der Waals surface area (Å²) < 4.78 is 1.76. The van der Waals surface area contributed by atoms with Gasteiger partial charge in [-0.25, -0.2) is 0 Å². The van der Waals surface area contributed by atoms with Gasteiger partial charge >= 0.3 is 0 Å². The fourth-order valence-electron chi connectivity index (χ4n) is 3.15. The van der Waals surface area contributed by atoms with Crippen molar-refractivity contribution in [2.75, 3.05) is 11.1 Å². The zero-order valence-electron chi connectivity index (χ0n) is 19.0. The summed E-state index contributed by atoms with van der Waals surface area (Å²) in [4.78, 5) is 35.6. The lowest BCUT2D eigenvalue weighted by atomic mass is 10.2. The number of nitrogens with zero attached hydrogens (tertiary/aromatic N) is 4. The molecule has 10 nitrogen and oxygen atoms in total. The molecule has 0 saturated carbocycles. The van der Waals surface area contributed by atoms with Gasteiger partial charge in [-0.1, -0.05) is 35.5 Å². The Morgan fingerprint density at radius 2 is 1.97 bits per heavy atom. The second-order valence-corrected chi connectivity index (χ2v) is 8.91. The highest BCUT2D eigenvalue weighted by Gasteiger charge is 2.21. The van der Waals surface area contributed by atoms with Crippen LogP contribution in [0, 0.1) is 17.0 Å². The van der Waals surface area contributed by atoms with Crippen LogP contribution in [0.4, 0.5) is 11.4 Å². The number of anilines is 1. The van der Waals surface area contributed by atoms with Gasteiger partial charge < -0.3 is 15.2 Å². The fraction of sp³-hybridized carbons (Fsp3) is 0.217. The molecule has 0 unspecified atom stereocenters. The molecular formula is C23H23ClN6O4S. The number of amides is 2. The monoisotopic (exact) mass is 514 g/mol. The number of benzene rings is 2. The van der Waals surface area contributed by atoms with Crippen LogP contribution in [0.2, 0.25) is 5.02 Å². The van der Waals surface area contributed by atoms with Gasteiger partial charge in [0.15, 0.2) is 11.0 Å². The molecule has 0 radical (unpaired) electrons. The van der Waals surface area contributed by atoms with Crippen molar-refractivity contribution in [3.05, 3.63) is 87.2 Å². The standard InChI is InChI=1S/C23H23ClN6O4S/c1-4-11-29-21(15(3)25-22(32)16-6-8-17(24)9-7-16)27-28-23(29)35-13-20(31)26-19-12-18(30(33)34)10-5-14(19)2/h4-10,12,15H,1,11,13H2,2-3H3,(H,25,32)(H,26,31)/t15-/m1/s1. The van der Waals surface area contributed by atoms with Crippen LogP contribution in [0.5, 0.6) is 0 Å². The SMILES string of the molecule is C=CCn1c(SCC(=O)Nc2cc([N+](=O)[O-])ccc2C)nnc1[C@@H](C)NC(=O)c1ccc(Cl)cc1. The minimum Gasteiger partial charge on any atom is -0.342 e. The Morgan fingerprint density at radius 3 is 2.63 bits per heavy atom. The summed E-state index contributed by atoms with van der Waals surface area (Å²) >= 11 is 7.03. The lowest BCUT2D eigenvalue weighted by Gasteiger charge is -2.15. The van der Waals surface area contributed by atoms with Crippen LogP contribution in [-0.4, -0.2) is 37.3 Å². The van der Waals surface area contributed by atoms with E-state index in [2.05, 4.69) is 27.4 Å². The van der Waals surface area contributed by atoms with Crippen LogP contribution >= 0.6 is 23.4 Å². The van der Waals surface area contributed by atoms with E-state index in [4.69, 9.17) is 11.6 Å². The topological polar surface area (TPSA) is 132 Å². The number of allylic oxidation sites excluding steroid dienone is 1. The minimum atomic E-state index is -0.518. The first kappa shape index (κ1) is 25.9. The van der Waals surface area contributed by atoms with E-state index < -0.39 is 11.0 Å². The third-order valence-electron chi connectivity index (χ3n) is 4.94. The molecule has 0 fully saturated rings. The number of halogens is 1. The number of aryl methyl sites for hydroxylation is 1. The summed E-state index contributed by atoms with van der Waals surface area (Å²) in [6, 6.07) is 10.3. The van der Waals surface area contributed by atoms with Gasteiger partial charge in [-0.15, -0.1) is 16.8 Å². The van der Waals surface area contributed by atoms with E-state index in [-0.39, 0.29) is 23.3 Å². The molecule has 2 N–H and O–H groups in total. The number of thioether (sulfide) groups is 1. The maximum absolute atomic E-state index is 12.6. The number of hydrogen-bond donors (Lipinski definition) is 2. The number of hydrogen-bond acceptors (Lipinski definition) is 7. The highest BCUT2D eigenvalue weighted by atomic mass is 35.5. The largest absolute Gasteiger partial charge is 0.342 e. The summed E-state index contributed by atoms with van der Waals surface area (Å²) in [6.45, 7) is 7.66. The smallest absolute Gasteiger partial charge is 0.271 e. The number of rotatable bonds is 10. The molecule has 3 rings (SSSR count). The molecule has 2 amide bonds. The predicted octanol–water partition coefficient (Wildman–Crippen LogP) is 4.56. The van der Waals surface area contributed by atoms with E-state index in [9.17, 15) is 19.7 Å². The molecule has 1 heterocycles. The van der Waals surface area contributed by atoms with Crippen LogP contribution in [0.15, 0.2) is 60.3 Å². The molecular weight excluding hydrogens is 492 g/mol. The second-order valence-electron chi connectivity index (χ2n) is 7.54. The Labute approximate surface area is 210 Å². The van der Waals surface area contributed by atoms with Gasteiger partial charge in [0, 0.05) is 29.3 Å². The van der Waals surface area contributed by atoms with Crippen molar-refractivity contribution in [1.82, 2.24) is 20.1 Å². The number of nitro benzene ring substituents is 1. The summed E-state index contributed by atoms with van der Waals surface area (Å²) in [7, 11) is 0. The maximum Gasteiger partial charge on any atom is 0.271 e. The van der Waals surface area contributed by atoms with Crippen molar-refractivity contribution in [2.45, 2.75) is 31.6 Å². The molecule has 35 heavy (non-hydrogen) atoms. The minimum absolute atomic E-state index is 0.00290. The van der Waals surface area contributed by atoms with E-state index >= 15 is 0 Å². The summed E-state index contributed by atoms with van der Waals surface area (Å²) in [5.74, 6) is -0.131. The number of nitrogens with one attached hydrogen (secondary N) is 2. The van der Waals surface area contributed by atoms with Gasteiger partial charge in [-0.3, -0.25) is 19.7 Å². The van der Waals surface area contributed by atoms with Gasteiger partial charge in [0.25, 0.3) is 11.6 Å². The average Bonchev–Trinajstić information content (AvgIpc) is 3.22. The Bertz CT molecular complexity index is 1260. The van der Waals surface area contributed by atoms with E-state index in [1.807, 2.05) is 0 Å². The van der Waals surface area contributed by atoms with Crippen molar-refractivity contribution in [3.8, 4) is 0 Å². The lowest BCUT2D eigenvalue weighted by Crippen LogP contribution is -2.28. The van der Waals surface area contributed by atoms with Gasteiger partial charge in [-0.2, -0.15) is 0 Å². The molecule has 0 aliphatic heterocycles. The molecule has 0 spiro atoms. The first-order valence-corrected chi connectivity index (χ1v) is 11.8. The zero-order chi connectivity index (χ0) is 25.5. The number of aromatic nitrogens is 3. The quantitative estimate of drug-likeness (QED) is 0.175. The summed E-state index contributed by atoms with van der Waals surface area (Å²) in [5.41, 5.74) is 1.43. The van der Waals surface area contributed by atoms with Crippen LogP contribution in [0.3, 0.4) is 0 Å². The van der Waals surface area contributed by atoms with E-state index in [1.54, 1.807) is 54.8 Å². The Morgan fingerprint density at radius 1 is 1.26 bits per heavy atom. The van der Waals surface area contributed by atoms with Gasteiger partial charge in [-0.05, 0) is 43.7 Å². The first-order chi connectivity index (χ1) is 16.7. The number of non-ortho nitro benzene ring substituents is 1. The third-order valence-corrected chi connectivity index (χ3v) is 6.16. The van der Waals surface area contributed by atoms with Crippen LogP contribution < -0.4 is 10.6 Å². The van der Waals surface area contributed by atoms with E-state index in [0.717, 1.165) is 11.8 Å². The van der Waals surface area contributed by atoms with Crippen LogP contribution in [0.1, 0.15) is 34.7 Å². The van der Waals surface area contributed by atoms with Crippen molar-refractivity contribution in [2.24, 2.45) is 0 Å². The molecule has 2 aromatic carbocycles. The van der Waals surface area contributed by atoms with Gasteiger partial charge in [0.05, 0.1) is 22.4 Å².